The molecule has 0 saturated heterocycles. The summed E-state index contributed by atoms with van der Waals surface area (Å²) >= 11 is 1.46. The van der Waals surface area contributed by atoms with E-state index in [4.69, 9.17) is 0 Å². The molecule has 0 aliphatic heterocycles. The Kier molecular flexibility index (Phi) is 12.9. The first-order valence-electron chi connectivity index (χ1n) is 18.2. The molecule has 0 spiro atoms. The van der Waals surface area contributed by atoms with Crippen molar-refractivity contribution < 1.29 is 24.2 Å². The summed E-state index contributed by atoms with van der Waals surface area (Å²) in [7, 11) is 0. The molecule has 0 heterocycles. The molecular formula is C48H58Zr. The number of fused-ring (bicyclic) bond motifs is 3. The molecule has 1 atom stereocenters. The van der Waals surface area contributed by atoms with E-state index in [9.17, 15) is 0 Å². The van der Waals surface area contributed by atoms with Crippen LogP contribution in [0.15, 0.2) is 120 Å². The van der Waals surface area contributed by atoms with Crippen molar-refractivity contribution in [2.24, 2.45) is 23.7 Å². The zero-order valence-corrected chi connectivity index (χ0v) is 34.7. The van der Waals surface area contributed by atoms with Crippen LogP contribution in [-0.4, -0.2) is 3.21 Å². The van der Waals surface area contributed by atoms with Crippen LogP contribution in [0.5, 0.6) is 0 Å². The Labute approximate surface area is 313 Å². The molecule has 0 saturated carbocycles. The molecular weight excluding hydrogens is 668 g/mol. The van der Waals surface area contributed by atoms with E-state index in [0.717, 1.165) is 0 Å². The third-order valence-corrected chi connectivity index (χ3v) is 10.9. The minimum absolute atomic E-state index is 0.203. The van der Waals surface area contributed by atoms with Crippen LogP contribution in [0.25, 0.3) is 21.5 Å². The molecule has 254 valence electrons. The average molecular weight is 726 g/mol. The van der Waals surface area contributed by atoms with Crippen LogP contribution >= 0.6 is 0 Å². The Morgan fingerprint density at radius 2 is 1.04 bits per heavy atom. The Balaban J connectivity index is 0.000000172. The summed E-state index contributed by atoms with van der Waals surface area (Å²) in [5.74, 6) is 2.49. The first-order chi connectivity index (χ1) is 23.0. The second kappa shape index (κ2) is 16.3. The minimum atomic E-state index is 0.203. The number of hydrogen-bond acceptors (Lipinski definition) is 0. The van der Waals surface area contributed by atoms with Crippen LogP contribution < -0.4 is 0 Å². The van der Waals surface area contributed by atoms with Gasteiger partial charge in [-0.2, -0.15) is 11.6 Å². The molecule has 1 unspecified atom stereocenters. The summed E-state index contributed by atoms with van der Waals surface area (Å²) in [6, 6.07) is 37.3. The molecule has 1 aliphatic rings. The van der Waals surface area contributed by atoms with Crippen molar-refractivity contribution in [1.82, 2.24) is 0 Å². The SMILES string of the molecule is CC(C)(C)c1ccc2c(c1)[cH-]c1cc(C(C)(C)C)ccc12.CC(C)C1=[C-]C(C(C)C)C=C1C(C)C.[Zr+2]=[C](c1ccccc1)c1ccccc1. The molecule has 6 rings (SSSR count). The van der Waals surface area contributed by atoms with Gasteiger partial charge >= 0.3 is 99.2 Å². The fourth-order valence-electron chi connectivity index (χ4n) is 6.28. The van der Waals surface area contributed by atoms with Crippen molar-refractivity contribution in [1.29, 1.82) is 0 Å². The molecule has 0 N–H and O–H groups in total. The summed E-state index contributed by atoms with van der Waals surface area (Å²) in [6.45, 7) is 27.3. The number of allylic oxidation sites excluding steroid dienone is 4. The van der Waals surface area contributed by atoms with E-state index >= 15 is 0 Å². The van der Waals surface area contributed by atoms with Crippen LogP contribution in [0.4, 0.5) is 0 Å². The van der Waals surface area contributed by atoms with Crippen molar-refractivity contribution in [2.75, 3.05) is 0 Å². The van der Waals surface area contributed by atoms with Gasteiger partial charge in [0.05, 0.1) is 0 Å². The zero-order valence-electron chi connectivity index (χ0n) is 32.2. The molecule has 5 aromatic carbocycles. The van der Waals surface area contributed by atoms with E-state index in [-0.39, 0.29) is 10.8 Å². The zero-order chi connectivity index (χ0) is 36.1. The summed E-state index contributed by atoms with van der Waals surface area (Å²) in [6.07, 6.45) is 6.07. The van der Waals surface area contributed by atoms with Gasteiger partial charge in [0.1, 0.15) is 0 Å². The quantitative estimate of drug-likeness (QED) is 0.158. The molecule has 0 radical (unpaired) electrons. The fourth-order valence-corrected chi connectivity index (χ4v) is 7.10. The van der Waals surface area contributed by atoms with Gasteiger partial charge < -0.3 is 0 Å². The molecule has 49 heavy (non-hydrogen) atoms. The number of hydrogen-bond donors (Lipinski definition) is 0. The van der Waals surface area contributed by atoms with Gasteiger partial charge in [0, 0.05) is 0 Å². The second-order valence-corrected chi connectivity index (χ2v) is 17.8. The maximum absolute atomic E-state index is 3.65. The molecule has 5 aromatic rings. The summed E-state index contributed by atoms with van der Waals surface area (Å²) in [4.78, 5) is 0. The van der Waals surface area contributed by atoms with Gasteiger partial charge in [-0.25, -0.2) is 5.57 Å². The van der Waals surface area contributed by atoms with Gasteiger partial charge in [0.15, 0.2) is 0 Å². The average Bonchev–Trinajstić information content (AvgIpc) is 3.68. The van der Waals surface area contributed by atoms with Crippen molar-refractivity contribution >= 4 is 24.8 Å². The molecule has 1 aliphatic carbocycles. The topological polar surface area (TPSA) is 0 Å². The Hall–Kier alpha value is -3.02. The van der Waals surface area contributed by atoms with E-state index < -0.39 is 0 Å². The third kappa shape index (κ3) is 10.0. The van der Waals surface area contributed by atoms with Gasteiger partial charge in [-0.15, -0.1) is 39.7 Å². The standard InChI is InChI=1S/C21H25.C14H23.C13H10.Zr/c1-20(2,3)16-7-9-18-14(12-16)11-15-13-17(21(4,5)6)8-10-19(15)18;1-9(2)12-7-13(10(3)4)14(8-12)11(5)6;1-3-7-12(8-4-1)11-13-9-5-2-6-10-13;/h7-13H,1-6H3;7,9-12H,1-6H3;1-10H;/q2*-1;;+2. The van der Waals surface area contributed by atoms with Crippen molar-refractivity contribution in [2.45, 2.75) is 93.9 Å². The van der Waals surface area contributed by atoms with Crippen LogP contribution in [-0.2, 0) is 35.1 Å². The first kappa shape index (κ1) is 38.8. The van der Waals surface area contributed by atoms with Crippen LogP contribution in [0, 0.1) is 29.7 Å². The van der Waals surface area contributed by atoms with Crippen LogP contribution in [0.2, 0.25) is 0 Å². The van der Waals surface area contributed by atoms with Crippen LogP contribution in [0.3, 0.4) is 0 Å². The fraction of sp³-hybridized carbons (Fsp3) is 0.375. The maximum atomic E-state index is 3.65. The van der Waals surface area contributed by atoms with Crippen molar-refractivity contribution in [3.8, 4) is 0 Å². The Morgan fingerprint density at radius 1 is 0.612 bits per heavy atom. The normalized spacial score (nSPS) is 14.8. The summed E-state index contributed by atoms with van der Waals surface area (Å²) < 4.78 is 1.42. The van der Waals surface area contributed by atoms with Crippen LogP contribution in [0.1, 0.15) is 105 Å². The predicted octanol–water partition coefficient (Wildman–Crippen LogP) is 13.3. The Morgan fingerprint density at radius 3 is 1.37 bits per heavy atom. The Bertz CT molecular complexity index is 1760. The van der Waals surface area contributed by atoms with E-state index in [1.54, 1.807) is 0 Å². The van der Waals surface area contributed by atoms with Gasteiger partial charge in [-0.05, 0) is 10.8 Å². The second-order valence-electron chi connectivity index (χ2n) is 16.6. The van der Waals surface area contributed by atoms with Crippen molar-refractivity contribution in [3.05, 3.63) is 149 Å². The van der Waals surface area contributed by atoms with Gasteiger partial charge in [0.2, 0.25) is 0 Å². The first-order valence-corrected chi connectivity index (χ1v) is 19.4. The third-order valence-electron chi connectivity index (χ3n) is 9.47. The van der Waals surface area contributed by atoms with Gasteiger partial charge in [-0.3, -0.25) is 6.08 Å². The van der Waals surface area contributed by atoms with Crippen molar-refractivity contribution in [3.63, 3.8) is 0 Å². The van der Waals surface area contributed by atoms with E-state index in [1.165, 1.54) is 82.4 Å². The molecule has 1 heteroatoms. The number of benzene rings is 4. The van der Waals surface area contributed by atoms with Gasteiger partial charge in [-0.1, -0.05) is 142 Å². The van der Waals surface area contributed by atoms with E-state index in [2.05, 4.69) is 198 Å². The molecule has 0 nitrogen and oxygen atoms in total. The summed E-state index contributed by atoms with van der Waals surface area (Å²) in [5.41, 5.74) is 8.86. The molecule has 0 aromatic heterocycles. The number of rotatable bonds is 5. The van der Waals surface area contributed by atoms with Gasteiger partial charge in [0.25, 0.3) is 0 Å². The van der Waals surface area contributed by atoms with E-state index in [0.29, 0.717) is 23.7 Å². The molecule has 0 bridgehead atoms. The predicted molar refractivity (Wildman–Crippen MR) is 213 cm³/mol. The van der Waals surface area contributed by atoms with E-state index in [1.807, 2.05) is 0 Å². The molecule has 0 amide bonds. The monoisotopic (exact) mass is 724 g/mol. The summed E-state index contributed by atoms with van der Waals surface area (Å²) in [5, 5.41) is 5.48. The molecule has 0 fully saturated rings.